The molecule has 1 aliphatic carbocycles. The van der Waals surface area contributed by atoms with Gasteiger partial charge >= 0.3 is 0 Å². The zero-order valence-corrected chi connectivity index (χ0v) is 16.6. The Morgan fingerprint density at radius 2 is 1.79 bits per heavy atom. The summed E-state index contributed by atoms with van der Waals surface area (Å²) in [6.07, 6.45) is 5.20. The molecule has 0 spiro atoms. The Morgan fingerprint density at radius 3 is 2.36 bits per heavy atom. The second kappa shape index (κ2) is 7.78. The molecule has 148 valence electrons. The minimum Gasteiger partial charge on any atom is -0.349 e. The van der Waals surface area contributed by atoms with Crippen LogP contribution >= 0.6 is 0 Å². The Kier molecular flexibility index (Phi) is 5.20. The first kappa shape index (κ1) is 18.7. The molecule has 2 aromatic rings. The van der Waals surface area contributed by atoms with Crippen LogP contribution in [0.2, 0.25) is 0 Å². The normalized spacial score (nSPS) is 17.6. The van der Waals surface area contributed by atoms with E-state index in [4.69, 9.17) is 0 Å². The first-order valence-corrected chi connectivity index (χ1v) is 10.2. The average molecular weight is 380 g/mol. The number of likely N-dealkylation sites (tertiary alicyclic amines) is 1. The number of aryl methyl sites for hydroxylation is 2. The second-order valence-electron chi connectivity index (χ2n) is 8.18. The van der Waals surface area contributed by atoms with Gasteiger partial charge in [0.05, 0.1) is 0 Å². The Morgan fingerprint density at radius 1 is 1.11 bits per heavy atom. The van der Waals surface area contributed by atoms with E-state index in [0.717, 1.165) is 56.5 Å². The van der Waals surface area contributed by atoms with Crippen LogP contribution in [0, 0.1) is 12.8 Å². The van der Waals surface area contributed by atoms with Gasteiger partial charge in [-0.05, 0) is 68.7 Å². The maximum Gasteiger partial charge on any atom is 0.274 e. The molecule has 0 radical (unpaired) electrons. The average Bonchev–Trinajstić information content (AvgIpc) is 3.45. The fraction of sp³-hybridized carbons (Fsp3) is 0.500. The highest BCUT2D eigenvalue weighted by atomic mass is 16.2. The van der Waals surface area contributed by atoms with Crippen molar-refractivity contribution < 1.29 is 9.59 Å². The molecule has 6 heteroatoms. The number of aromatic nitrogens is 2. The van der Waals surface area contributed by atoms with Crippen LogP contribution in [-0.2, 0) is 13.5 Å². The van der Waals surface area contributed by atoms with Gasteiger partial charge in [-0.15, -0.1) is 0 Å². The first-order valence-electron chi connectivity index (χ1n) is 10.2. The quantitative estimate of drug-likeness (QED) is 0.867. The predicted octanol–water partition coefficient (Wildman–Crippen LogP) is 2.72. The molecule has 1 aromatic carbocycles. The number of carbonyl (C=O) groups is 2. The van der Waals surface area contributed by atoms with Gasteiger partial charge in [0, 0.05) is 37.4 Å². The number of nitrogens with zero attached hydrogens (tertiary/aromatic N) is 3. The summed E-state index contributed by atoms with van der Waals surface area (Å²) in [7, 11) is 1.86. The molecule has 2 amide bonds. The maximum absolute atomic E-state index is 12.6. The van der Waals surface area contributed by atoms with E-state index in [1.807, 2.05) is 37.1 Å². The maximum atomic E-state index is 12.6. The molecule has 2 fully saturated rings. The predicted molar refractivity (Wildman–Crippen MR) is 107 cm³/mol. The van der Waals surface area contributed by atoms with E-state index in [-0.39, 0.29) is 11.8 Å². The number of carbonyl (C=O) groups excluding carboxylic acids is 2. The molecule has 2 heterocycles. The zero-order chi connectivity index (χ0) is 19.7. The molecule has 2 aliphatic rings. The Labute approximate surface area is 165 Å². The van der Waals surface area contributed by atoms with Crippen LogP contribution in [0.15, 0.2) is 30.3 Å². The minimum absolute atomic E-state index is 0.0330. The van der Waals surface area contributed by atoms with Crippen LogP contribution in [0.3, 0.4) is 0 Å². The van der Waals surface area contributed by atoms with E-state index in [9.17, 15) is 9.59 Å². The second-order valence-corrected chi connectivity index (χ2v) is 8.18. The smallest absolute Gasteiger partial charge is 0.274 e. The van der Waals surface area contributed by atoms with Crippen molar-refractivity contribution in [2.75, 3.05) is 13.1 Å². The van der Waals surface area contributed by atoms with Gasteiger partial charge in [0.15, 0.2) is 5.69 Å². The highest BCUT2D eigenvalue weighted by molar-refractivity contribution is 5.94. The van der Waals surface area contributed by atoms with Gasteiger partial charge < -0.3 is 10.2 Å². The fourth-order valence-corrected chi connectivity index (χ4v) is 3.79. The molecule has 28 heavy (non-hydrogen) atoms. The Hall–Kier alpha value is -2.63. The van der Waals surface area contributed by atoms with E-state index in [1.54, 1.807) is 4.68 Å². The number of hydrogen-bond acceptors (Lipinski definition) is 3. The van der Waals surface area contributed by atoms with Crippen molar-refractivity contribution in [2.24, 2.45) is 13.0 Å². The Balaban J connectivity index is 1.28. The zero-order valence-electron chi connectivity index (χ0n) is 16.6. The molecular weight excluding hydrogens is 352 g/mol. The van der Waals surface area contributed by atoms with E-state index in [1.165, 1.54) is 5.56 Å². The third-order valence-electron chi connectivity index (χ3n) is 5.89. The van der Waals surface area contributed by atoms with Gasteiger partial charge in [-0.25, -0.2) is 0 Å². The molecule has 1 N–H and O–H groups in total. The molecule has 1 aliphatic heterocycles. The number of nitrogens with one attached hydrogen (secondary N) is 1. The monoisotopic (exact) mass is 380 g/mol. The third kappa shape index (κ3) is 4.26. The van der Waals surface area contributed by atoms with Crippen molar-refractivity contribution in [1.29, 1.82) is 0 Å². The number of piperidine rings is 1. The largest absolute Gasteiger partial charge is 0.349 e. The molecule has 4 rings (SSSR count). The van der Waals surface area contributed by atoms with E-state index in [0.29, 0.717) is 17.7 Å². The van der Waals surface area contributed by atoms with Gasteiger partial charge in [0.2, 0.25) is 0 Å². The van der Waals surface area contributed by atoms with Gasteiger partial charge in [0.1, 0.15) is 0 Å². The lowest BCUT2D eigenvalue weighted by atomic mass is 9.90. The van der Waals surface area contributed by atoms with Crippen LogP contribution in [0.25, 0.3) is 0 Å². The van der Waals surface area contributed by atoms with Gasteiger partial charge in [0.25, 0.3) is 11.8 Å². The van der Waals surface area contributed by atoms with Gasteiger partial charge in [-0.1, -0.05) is 12.1 Å². The fourth-order valence-electron chi connectivity index (χ4n) is 3.79. The summed E-state index contributed by atoms with van der Waals surface area (Å²) in [5, 5.41) is 7.33. The number of amides is 2. The summed E-state index contributed by atoms with van der Waals surface area (Å²) in [6, 6.07) is 10.2. The molecule has 1 saturated heterocycles. The van der Waals surface area contributed by atoms with E-state index in [2.05, 4.69) is 22.5 Å². The van der Waals surface area contributed by atoms with Crippen molar-refractivity contribution in [1.82, 2.24) is 20.0 Å². The molecule has 0 unspecified atom stereocenters. The Bertz CT molecular complexity index is 840. The molecule has 0 bridgehead atoms. The van der Waals surface area contributed by atoms with Crippen molar-refractivity contribution in [3.8, 4) is 0 Å². The molecule has 6 nitrogen and oxygen atoms in total. The highest BCUT2D eigenvalue weighted by Crippen LogP contribution is 2.23. The molecular formula is C22H28N4O2. The lowest BCUT2D eigenvalue weighted by molar-refractivity contribution is 0.0683. The minimum atomic E-state index is 0.0330. The van der Waals surface area contributed by atoms with Crippen LogP contribution in [-0.4, -0.2) is 45.6 Å². The van der Waals surface area contributed by atoms with Crippen LogP contribution in [0.4, 0.5) is 0 Å². The topological polar surface area (TPSA) is 67.2 Å². The number of hydrogen-bond donors (Lipinski definition) is 1. The highest BCUT2D eigenvalue weighted by Gasteiger charge is 2.26. The number of rotatable bonds is 5. The lowest BCUT2D eigenvalue weighted by Crippen LogP contribution is -2.39. The van der Waals surface area contributed by atoms with E-state index < -0.39 is 0 Å². The van der Waals surface area contributed by atoms with Crippen LogP contribution in [0.1, 0.15) is 57.8 Å². The lowest BCUT2D eigenvalue weighted by Gasteiger charge is -2.31. The third-order valence-corrected chi connectivity index (χ3v) is 5.89. The summed E-state index contributed by atoms with van der Waals surface area (Å²) in [6.45, 7) is 3.51. The van der Waals surface area contributed by atoms with Gasteiger partial charge in [-0.3, -0.25) is 14.3 Å². The summed E-state index contributed by atoms with van der Waals surface area (Å²) in [5.41, 5.74) is 3.53. The van der Waals surface area contributed by atoms with Crippen molar-refractivity contribution in [3.05, 3.63) is 52.8 Å². The van der Waals surface area contributed by atoms with Crippen LogP contribution in [0.5, 0.6) is 0 Å². The van der Waals surface area contributed by atoms with E-state index >= 15 is 0 Å². The van der Waals surface area contributed by atoms with Crippen molar-refractivity contribution >= 4 is 11.8 Å². The van der Waals surface area contributed by atoms with Gasteiger partial charge in [-0.2, -0.15) is 5.10 Å². The summed E-state index contributed by atoms with van der Waals surface area (Å²) in [4.78, 5) is 26.6. The summed E-state index contributed by atoms with van der Waals surface area (Å²) >= 11 is 0. The molecule has 0 atom stereocenters. The summed E-state index contributed by atoms with van der Waals surface area (Å²) in [5.74, 6) is 0.638. The molecule has 1 aromatic heterocycles. The SMILES string of the molecule is Cc1cc(C(=O)N2CCC(Cc3ccc(C(=O)NC4CC4)cc3)CC2)nn1C. The first-order chi connectivity index (χ1) is 13.5. The standard InChI is InChI=1S/C22H28N4O2/c1-15-13-20(24-25(15)2)22(28)26-11-9-17(10-12-26)14-16-3-5-18(6-4-16)21(27)23-19-7-8-19/h3-6,13,17,19H,7-12,14H2,1-2H3,(H,23,27). The van der Waals surface area contributed by atoms with Crippen molar-refractivity contribution in [3.63, 3.8) is 0 Å². The van der Waals surface area contributed by atoms with Crippen LogP contribution < -0.4 is 5.32 Å². The molecule has 1 saturated carbocycles. The summed E-state index contributed by atoms with van der Waals surface area (Å²) < 4.78 is 1.74. The van der Waals surface area contributed by atoms with Crippen molar-refractivity contribution in [2.45, 2.75) is 45.1 Å². The number of benzene rings is 1.